The minimum absolute atomic E-state index is 0.146. The fraction of sp³-hybridized carbons (Fsp3) is 0.500. The highest BCUT2D eigenvalue weighted by molar-refractivity contribution is 6.33. The van der Waals surface area contributed by atoms with E-state index in [9.17, 15) is 5.11 Å². The van der Waals surface area contributed by atoms with Crippen LogP contribution in [0.1, 0.15) is 12.8 Å². The smallest absolute Gasteiger partial charge is 0.0822 e. The highest BCUT2D eigenvalue weighted by Crippen LogP contribution is 2.26. The van der Waals surface area contributed by atoms with Crippen LogP contribution in [0.15, 0.2) is 18.5 Å². The Labute approximate surface area is 88.3 Å². The summed E-state index contributed by atoms with van der Waals surface area (Å²) in [6.45, 7) is 1.73. The lowest BCUT2D eigenvalue weighted by atomic mass is 10.1. The Morgan fingerprint density at radius 3 is 2.79 bits per heavy atom. The number of halogens is 1. The van der Waals surface area contributed by atoms with E-state index >= 15 is 0 Å². The minimum atomic E-state index is -0.146. The van der Waals surface area contributed by atoms with Crippen molar-refractivity contribution < 1.29 is 5.11 Å². The Kier molecular flexibility index (Phi) is 2.89. The molecule has 0 bridgehead atoms. The van der Waals surface area contributed by atoms with Gasteiger partial charge in [-0.2, -0.15) is 0 Å². The molecule has 1 fully saturated rings. The van der Waals surface area contributed by atoms with Crippen LogP contribution in [0.2, 0.25) is 5.02 Å². The first-order valence-corrected chi connectivity index (χ1v) is 5.17. The lowest BCUT2D eigenvalue weighted by Crippen LogP contribution is -2.35. The summed E-state index contributed by atoms with van der Waals surface area (Å²) in [6, 6.07) is 1.92. The number of aliphatic hydroxyl groups excluding tert-OH is 1. The van der Waals surface area contributed by atoms with Crippen molar-refractivity contribution in [1.29, 1.82) is 0 Å². The van der Waals surface area contributed by atoms with Crippen LogP contribution in [0.4, 0.5) is 5.69 Å². The molecule has 1 saturated heterocycles. The molecule has 0 unspecified atom stereocenters. The van der Waals surface area contributed by atoms with Gasteiger partial charge in [0.15, 0.2) is 0 Å². The standard InChI is InChI=1S/C10H13ClN2O/c11-9-7-12-4-1-10(9)13-5-2-8(14)3-6-13/h1,4,7-8,14H,2-3,5-6H2. The molecule has 0 spiro atoms. The maximum Gasteiger partial charge on any atom is 0.0822 e. The number of hydrogen-bond acceptors (Lipinski definition) is 3. The van der Waals surface area contributed by atoms with E-state index in [-0.39, 0.29) is 6.10 Å². The van der Waals surface area contributed by atoms with Crippen molar-refractivity contribution in [3.05, 3.63) is 23.5 Å². The van der Waals surface area contributed by atoms with Gasteiger partial charge in [-0.05, 0) is 18.9 Å². The van der Waals surface area contributed by atoms with Gasteiger partial charge in [-0.25, -0.2) is 0 Å². The van der Waals surface area contributed by atoms with E-state index < -0.39 is 0 Å². The summed E-state index contributed by atoms with van der Waals surface area (Å²) in [5.41, 5.74) is 1.02. The van der Waals surface area contributed by atoms with Crippen molar-refractivity contribution in [2.24, 2.45) is 0 Å². The van der Waals surface area contributed by atoms with Gasteiger partial charge in [-0.15, -0.1) is 0 Å². The number of hydrogen-bond donors (Lipinski definition) is 1. The summed E-state index contributed by atoms with van der Waals surface area (Å²) in [5, 5.41) is 10.1. The second-order valence-corrected chi connectivity index (χ2v) is 3.95. The zero-order chi connectivity index (χ0) is 9.97. The van der Waals surface area contributed by atoms with Gasteiger partial charge < -0.3 is 10.0 Å². The summed E-state index contributed by atoms with van der Waals surface area (Å²) >= 11 is 6.03. The van der Waals surface area contributed by atoms with Crippen LogP contribution >= 0.6 is 11.6 Å². The Morgan fingerprint density at radius 1 is 1.43 bits per heavy atom. The number of aliphatic hydroxyl groups is 1. The highest BCUT2D eigenvalue weighted by Gasteiger charge is 2.18. The van der Waals surface area contributed by atoms with Crippen LogP contribution in [-0.4, -0.2) is 29.3 Å². The summed E-state index contributed by atoms with van der Waals surface area (Å²) in [7, 11) is 0. The normalized spacial score (nSPS) is 18.6. The molecule has 0 amide bonds. The molecule has 14 heavy (non-hydrogen) atoms. The molecule has 1 aromatic heterocycles. The highest BCUT2D eigenvalue weighted by atomic mass is 35.5. The SMILES string of the molecule is OC1CCN(c2ccncc2Cl)CC1. The number of aromatic nitrogens is 1. The first kappa shape index (κ1) is 9.74. The molecule has 1 aromatic rings. The average Bonchev–Trinajstić information content (AvgIpc) is 2.20. The van der Waals surface area contributed by atoms with Crippen LogP contribution in [0.3, 0.4) is 0 Å². The van der Waals surface area contributed by atoms with Gasteiger partial charge in [0, 0.05) is 25.5 Å². The van der Waals surface area contributed by atoms with E-state index in [1.807, 2.05) is 6.07 Å². The van der Waals surface area contributed by atoms with E-state index in [2.05, 4.69) is 9.88 Å². The Morgan fingerprint density at radius 2 is 2.14 bits per heavy atom. The topological polar surface area (TPSA) is 36.4 Å². The fourth-order valence-electron chi connectivity index (χ4n) is 1.73. The zero-order valence-corrected chi connectivity index (χ0v) is 8.61. The summed E-state index contributed by atoms with van der Waals surface area (Å²) in [4.78, 5) is 6.14. The monoisotopic (exact) mass is 212 g/mol. The van der Waals surface area contributed by atoms with Crippen LogP contribution in [0.5, 0.6) is 0 Å². The summed E-state index contributed by atoms with van der Waals surface area (Å²) in [6.07, 6.45) is 4.89. The predicted molar refractivity (Wildman–Crippen MR) is 56.7 cm³/mol. The lowest BCUT2D eigenvalue weighted by Gasteiger charge is -2.31. The maximum atomic E-state index is 9.37. The molecular formula is C10H13ClN2O. The molecule has 4 heteroatoms. The molecule has 0 radical (unpaired) electrons. The molecule has 0 atom stereocenters. The maximum absolute atomic E-state index is 9.37. The molecule has 2 heterocycles. The van der Waals surface area contributed by atoms with Crippen molar-refractivity contribution >= 4 is 17.3 Å². The second kappa shape index (κ2) is 4.15. The van der Waals surface area contributed by atoms with Gasteiger partial charge in [0.2, 0.25) is 0 Å². The van der Waals surface area contributed by atoms with Crippen LogP contribution in [-0.2, 0) is 0 Å². The number of pyridine rings is 1. The summed E-state index contributed by atoms with van der Waals surface area (Å²) < 4.78 is 0. The van der Waals surface area contributed by atoms with Crippen molar-refractivity contribution in [2.75, 3.05) is 18.0 Å². The molecule has 3 nitrogen and oxygen atoms in total. The molecule has 1 aliphatic rings. The van der Waals surface area contributed by atoms with Crippen molar-refractivity contribution in [3.8, 4) is 0 Å². The van der Waals surface area contributed by atoms with Crippen molar-refractivity contribution in [1.82, 2.24) is 4.98 Å². The van der Waals surface area contributed by atoms with E-state index in [0.29, 0.717) is 5.02 Å². The third-order valence-corrected chi connectivity index (χ3v) is 2.85. The molecule has 0 aromatic carbocycles. The zero-order valence-electron chi connectivity index (χ0n) is 7.86. The predicted octanol–water partition coefficient (Wildman–Crippen LogP) is 1.70. The first-order chi connectivity index (χ1) is 6.77. The van der Waals surface area contributed by atoms with E-state index in [1.54, 1.807) is 12.4 Å². The van der Waals surface area contributed by atoms with Crippen molar-refractivity contribution in [3.63, 3.8) is 0 Å². The third-order valence-electron chi connectivity index (χ3n) is 2.56. The van der Waals surface area contributed by atoms with Gasteiger partial charge in [0.1, 0.15) is 0 Å². The first-order valence-electron chi connectivity index (χ1n) is 4.80. The van der Waals surface area contributed by atoms with Crippen LogP contribution in [0, 0.1) is 0 Å². The number of anilines is 1. The van der Waals surface area contributed by atoms with E-state index in [4.69, 9.17) is 11.6 Å². The van der Waals surface area contributed by atoms with Gasteiger partial charge in [-0.3, -0.25) is 4.98 Å². The fourth-order valence-corrected chi connectivity index (χ4v) is 1.97. The van der Waals surface area contributed by atoms with E-state index in [0.717, 1.165) is 31.6 Å². The van der Waals surface area contributed by atoms with Gasteiger partial charge in [0.05, 0.1) is 16.8 Å². The number of piperidine rings is 1. The quantitative estimate of drug-likeness (QED) is 0.770. The van der Waals surface area contributed by atoms with Crippen LogP contribution < -0.4 is 4.90 Å². The lowest BCUT2D eigenvalue weighted by molar-refractivity contribution is 0.145. The molecule has 0 aliphatic carbocycles. The summed E-state index contributed by atoms with van der Waals surface area (Å²) in [5.74, 6) is 0. The molecular weight excluding hydrogens is 200 g/mol. The molecule has 1 aliphatic heterocycles. The largest absolute Gasteiger partial charge is 0.393 e. The van der Waals surface area contributed by atoms with Gasteiger partial charge >= 0.3 is 0 Å². The van der Waals surface area contributed by atoms with Crippen molar-refractivity contribution in [2.45, 2.75) is 18.9 Å². The van der Waals surface area contributed by atoms with E-state index in [1.165, 1.54) is 0 Å². The number of nitrogens with zero attached hydrogens (tertiary/aromatic N) is 2. The molecule has 0 saturated carbocycles. The minimum Gasteiger partial charge on any atom is -0.393 e. The van der Waals surface area contributed by atoms with Gasteiger partial charge in [-0.1, -0.05) is 11.6 Å². The molecule has 1 N–H and O–H groups in total. The average molecular weight is 213 g/mol. The Hall–Kier alpha value is -0.800. The second-order valence-electron chi connectivity index (χ2n) is 3.55. The van der Waals surface area contributed by atoms with Gasteiger partial charge in [0.25, 0.3) is 0 Å². The Bertz CT molecular complexity index is 311. The Balaban J connectivity index is 2.12. The molecule has 2 rings (SSSR count). The number of rotatable bonds is 1. The molecule has 76 valence electrons. The third kappa shape index (κ3) is 1.99. The van der Waals surface area contributed by atoms with Crippen LogP contribution in [0.25, 0.3) is 0 Å².